The number of anilines is 1. The third-order valence-electron chi connectivity index (χ3n) is 3.42. The van der Waals surface area contributed by atoms with E-state index < -0.39 is 0 Å². The highest BCUT2D eigenvalue weighted by Gasteiger charge is 2.38. The molecule has 0 atom stereocenters. The molecule has 0 bridgehead atoms. The molecular weight excluding hydrogens is 206 g/mol. The third kappa shape index (κ3) is 2.16. The Balaban J connectivity index is 1.92. The zero-order valence-electron chi connectivity index (χ0n) is 9.71. The predicted octanol–water partition coefficient (Wildman–Crippen LogP) is 2.35. The zero-order chi connectivity index (χ0) is 10.9. The van der Waals surface area contributed by atoms with Crippen LogP contribution in [0.5, 0.6) is 0 Å². The average Bonchev–Trinajstić information content (AvgIpc) is 2.49. The fraction of sp³-hybridized carbons (Fsp3) is 0.727. The van der Waals surface area contributed by atoms with Crippen LogP contribution in [0.4, 0.5) is 5.13 Å². The van der Waals surface area contributed by atoms with Crippen LogP contribution < -0.4 is 5.32 Å². The van der Waals surface area contributed by atoms with Gasteiger partial charge in [0, 0.05) is 17.5 Å². The highest BCUT2D eigenvalue weighted by molar-refractivity contribution is 7.13. The molecule has 0 saturated heterocycles. The van der Waals surface area contributed by atoms with Gasteiger partial charge in [-0.05, 0) is 40.3 Å². The molecule has 1 N–H and O–H groups in total. The van der Waals surface area contributed by atoms with Gasteiger partial charge in [0.25, 0.3) is 0 Å². The lowest BCUT2D eigenvalue weighted by molar-refractivity contribution is 0.0739. The zero-order valence-corrected chi connectivity index (χ0v) is 10.5. The van der Waals surface area contributed by atoms with Crippen LogP contribution in [0.3, 0.4) is 0 Å². The fourth-order valence-corrected chi connectivity index (χ4v) is 2.73. The summed E-state index contributed by atoms with van der Waals surface area (Å²) < 4.78 is 0. The van der Waals surface area contributed by atoms with Gasteiger partial charge < -0.3 is 10.2 Å². The van der Waals surface area contributed by atoms with E-state index in [9.17, 15) is 0 Å². The van der Waals surface area contributed by atoms with Crippen LogP contribution in [0.2, 0.25) is 0 Å². The number of thiazole rings is 1. The van der Waals surface area contributed by atoms with Crippen molar-refractivity contribution in [1.82, 2.24) is 9.88 Å². The number of aryl methyl sites for hydroxylation is 1. The summed E-state index contributed by atoms with van der Waals surface area (Å²) in [4.78, 5) is 6.77. The lowest BCUT2D eigenvalue weighted by Crippen LogP contribution is -2.54. The molecule has 1 heterocycles. The van der Waals surface area contributed by atoms with Gasteiger partial charge in [-0.1, -0.05) is 0 Å². The highest BCUT2D eigenvalue weighted by Crippen LogP contribution is 2.36. The molecule has 1 saturated carbocycles. The van der Waals surface area contributed by atoms with Crippen LogP contribution in [0.25, 0.3) is 0 Å². The number of hydrogen-bond donors (Lipinski definition) is 1. The van der Waals surface area contributed by atoms with Gasteiger partial charge >= 0.3 is 0 Å². The Morgan fingerprint density at radius 3 is 2.67 bits per heavy atom. The summed E-state index contributed by atoms with van der Waals surface area (Å²) in [6.45, 7) is 3.06. The van der Waals surface area contributed by atoms with Crippen molar-refractivity contribution in [1.29, 1.82) is 0 Å². The first-order valence-electron chi connectivity index (χ1n) is 5.46. The van der Waals surface area contributed by atoms with Gasteiger partial charge in [0.05, 0.1) is 5.69 Å². The number of nitrogens with one attached hydrogen (secondary N) is 1. The van der Waals surface area contributed by atoms with E-state index in [1.54, 1.807) is 11.3 Å². The van der Waals surface area contributed by atoms with Gasteiger partial charge in [0.15, 0.2) is 5.13 Å². The Labute approximate surface area is 95.5 Å². The second-order valence-corrected chi connectivity index (χ2v) is 5.48. The van der Waals surface area contributed by atoms with Crippen molar-refractivity contribution in [2.24, 2.45) is 0 Å². The molecule has 1 fully saturated rings. The van der Waals surface area contributed by atoms with Crippen molar-refractivity contribution < 1.29 is 0 Å². The SMILES string of the molecule is Cc1csc(NCC2(N(C)C)CCC2)n1. The second kappa shape index (κ2) is 4.10. The van der Waals surface area contributed by atoms with Crippen LogP contribution in [-0.2, 0) is 0 Å². The van der Waals surface area contributed by atoms with Crippen LogP contribution in [0.15, 0.2) is 5.38 Å². The maximum absolute atomic E-state index is 4.42. The minimum atomic E-state index is 0.375. The fourth-order valence-electron chi connectivity index (χ4n) is 2.04. The van der Waals surface area contributed by atoms with Crippen molar-refractivity contribution in [3.63, 3.8) is 0 Å². The first-order chi connectivity index (χ1) is 7.12. The summed E-state index contributed by atoms with van der Waals surface area (Å²) in [5.41, 5.74) is 1.48. The molecule has 84 valence electrons. The molecule has 1 aliphatic carbocycles. The number of nitrogens with zero attached hydrogens (tertiary/aromatic N) is 2. The molecule has 1 aliphatic rings. The minimum Gasteiger partial charge on any atom is -0.360 e. The Bertz CT molecular complexity index is 328. The van der Waals surface area contributed by atoms with Crippen molar-refractivity contribution in [3.8, 4) is 0 Å². The van der Waals surface area contributed by atoms with Gasteiger partial charge in [0.1, 0.15) is 0 Å². The van der Waals surface area contributed by atoms with E-state index in [4.69, 9.17) is 0 Å². The average molecular weight is 225 g/mol. The van der Waals surface area contributed by atoms with E-state index in [2.05, 4.69) is 34.7 Å². The molecule has 3 nitrogen and oxygen atoms in total. The highest BCUT2D eigenvalue weighted by atomic mass is 32.1. The third-order valence-corrected chi connectivity index (χ3v) is 4.34. The lowest BCUT2D eigenvalue weighted by atomic mass is 9.75. The van der Waals surface area contributed by atoms with Gasteiger partial charge in [-0.2, -0.15) is 0 Å². The van der Waals surface area contributed by atoms with Crippen molar-refractivity contribution in [3.05, 3.63) is 11.1 Å². The van der Waals surface area contributed by atoms with Crippen molar-refractivity contribution in [2.75, 3.05) is 26.0 Å². The number of aromatic nitrogens is 1. The Morgan fingerprint density at radius 2 is 2.27 bits per heavy atom. The standard InChI is InChI=1S/C11H19N3S/c1-9-7-15-10(13-9)12-8-11(14(2)3)5-4-6-11/h7H,4-6,8H2,1-3H3,(H,12,13). The van der Waals surface area contributed by atoms with Crippen LogP contribution in [-0.4, -0.2) is 36.1 Å². The second-order valence-electron chi connectivity index (χ2n) is 4.62. The summed E-state index contributed by atoms with van der Waals surface area (Å²) in [5, 5.41) is 6.60. The molecule has 0 spiro atoms. The topological polar surface area (TPSA) is 28.2 Å². The van der Waals surface area contributed by atoms with Crippen molar-refractivity contribution in [2.45, 2.75) is 31.7 Å². The van der Waals surface area contributed by atoms with Crippen LogP contribution in [0, 0.1) is 6.92 Å². The Hall–Kier alpha value is -0.610. The van der Waals surface area contributed by atoms with E-state index >= 15 is 0 Å². The smallest absolute Gasteiger partial charge is 0.182 e. The molecule has 1 aromatic rings. The van der Waals surface area contributed by atoms with E-state index in [1.807, 2.05) is 6.92 Å². The molecule has 0 amide bonds. The summed E-state index contributed by atoms with van der Waals surface area (Å²) in [6.07, 6.45) is 3.96. The van der Waals surface area contributed by atoms with Crippen molar-refractivity contribution >= 4 is 16.5 Å². The molecular formula is C11H19N3S. The molecule has 0 aromatic carbocycles. The predicted molar refractivity (Wildman–Crippen MR) is 65.6 cm³/mol. The molecule has 0 radical (unpaired) electrons. The first kappa shape index (κ1) is 10.9. The maximum atomic E-state index is 4.42. The minimum absolute atomic E-state index is 0.375. The monoisotopic (exact) mass is 225 g/mol. The Kier molecular flexibility index (Phi) is 2.98. The van der Waals surface area contributed by atoms with Gasteiger partial charge in [-0.25, -0.2) is 4.98 Å². The molecule has 15 heavy (non-hydrogen) atoms. The summed E-state index contributed by atoms with van der Waals surface area (Å²) in [6, 6.07) is 0. The molecule has 4 heteroatoms. The molecule has 0 aliphatic heterocycles. The number of hydrogen-bond acceptors (Lipinski definition) is 4. The summed E-state index contributed by atoms with van der Waals surface area (Å²) >= 11 is 1.70. The number of rotatable bonds is 4. The van der Waals surface area contributed by atoms with Gasteiger partial charge in [-0.3, -0.25) is 0 Å². The van der Waals surface area contributed by atoms with E-state index in [0.717, 1.165) is 17.4 Å². The molecule has 1 aromatic heterocycles. The lowest BCUT2D eigenvalue weighted by Gasteiger charge is -2.47. The number of likely N-dealkylation sites (N-methyl/N-ethyl adjacent to an activating group) is 1. The van der Waals surface area contributed by atoms with E-state index in [1.165, 1.54) is 19.3 Å². The Morgan fingerprint density at radius 1 is 1.53 bits per heavy atom. The quantitative estimate of drug-likeness (QED) is 0.852. The van der Waals surface area contributed by atoms with E-state index in [0.29, 0.717) is 5.54 Å². The largest absolute Gasteiger partial charge is 0.360 e. The summed E-state index contributed by atoms with van der Waals surface area (Å²) in [5.74, 6) is 0. The first-order valence-corrected chi connectivity index (χ1v) is 6.34. The van der Waals surface area contributed by atoms with E-state index in [-0.39, 0.29) is 0 Å². The van der Waals surface area contributed by atoms with Crippen LogP contribution in [0.1, 0.15) is 25.0 Å². The van der Waals surface area contributed by atoms with Crippen LogP contribution >= 0.6 is 11.3 Å². The molecule has 2 rings (SSSR count). The van der Waals surface area contributed by atoms with Gasteiger partial charge in [-0.15, -0.1) is 11.3 Å². The maximum Gasteiger partial charge on any atom is 0.182 e. The summed E-state index contributed by atoms with van der Waals surface area (Å²) in [7, 11) is 4.35. The van der Waals surface area contributed by atoms with Gasteiger partial charge in [0.2, 0.25) is 0 Å². The normalized spacial score (nSPS) is 18.9. The molecule has 0 unspecified atom stereocenters.